The Morgan fingerprint density at radius 2 is 2.00 bits per heavy atom. The molecule has 0 aliphatic carbocycles. The number of carbonyl (C=O) groups excluding carboxylic acids is 1. The topological polar surface area (TPSA) is 26.3 Å². The van der Waals surface area contributed by atoms with E-state index in [0.29, 0.717) is 16.2 Å². The fourth-order valence-corrected chi connectivity index (χ4v) is 3.32. The lowest BCUT2D eigenvalue weighted by molar-refractivity contribution is 0.103. The summed E-state index contributed by atoms with van der Waals surface area (Å²) >= 11 is 4.82. The Balaban J connectivity index is 2.56. The summed E-state index contributed by atoms with van der Waals surface area (Å²) in [7, 11) is 1.60. The quantitative estimate of drug-likeness (QED) is 0.784. The Hall–Kier alpha value is -1.13. The van der Waals surface area contributed by atoms with Gasteiger partial charge in [-0.1, -0.05) is 6.07 Å². The van der Waals surface area contributed by atoms with Gasteiger partial charge in [0, 0.05) is 4.47 Å². The molecule has 2 rings (SSSR count). The molecule has 4 heteroatoms. The lowest BCUT2D eigenvalue weighted by Crippen LogP contribution is -2.05. The van der Waals surface area contributed by atoms with Gasteiger partial charge in [-0.3, -0.25) is 4.79 Å². The predicted octanol–water partition coefficient (Wildman–Crippen LogP) is 4.37. The number of ketones is 1. The third-order valence-electron chi connectivity index (χ3n) is 2.95. The molecule has 0 bridgehead atoms. The molecule has 0 saturated heterocycles. The molecule has 0 unspecified atom stereocenters. The van der Waals surface area contributed by atoms with Crippen molar-refractivity contribution in [3.05, 3.63) is 49.6 Å². The van der Waals surface area contributed by atoms with Crippen molar-refractivity contribution < 1.29 is 9.53 Å². The molecular formula is C14H13BrO2S. The Labute approximate surface area is 119 Å². The minimum absolute atomic E-state index is 0.00294. The molecule has 0 aliphatic heterocycles. The summed E-state index contributed by atoms with van der Waals surface area (Å²) in [5.41, 5.74) is 2.74. The zero-order valence-corrected chi connectivity index (χ0v) is 12.8. The molecule has 0 atom stereocenters. The minimum Gasteiger partial charge on any atom is -0.496 e. The maximum atomic E-state index is 12.5. The number of thiophene rings is 1. The van der Waals surface area contributed by atoms with Crippen molar-refractivity contribution in [2.24, 2.45) is 0 Å². The number of hydrogen-bond acceptors (Lipinski definition) is 3. The average molecular weight is 325 g/mol. The van der Waals surface area contributed by atoms with Crippen LogP contribution in [0.3, 0.4) is 0 Å². The molecular weight excluding hydrogens is 312 g/mol. The SMILES string of the molecule is COc1c(C(=O)c2sccc2Br)ccc(C)c1C. The van der Waals surface area contributed by atoms with E-state index < -0.39 is 0 Å². The van der Waals surface area contributed by atoms with E-state index in [1.165, 1.54) is 11.3 Å². The maximum absolute atomic E-state index is 12.5. The second-order valence-electron chi connectivity index (χ2n) is 4.02. The van der Waals surface area contributed by atoms with Crippen LogP contribution in [0.5, 0.6) is 5.75 Å². The fraction of sp³-hybridized carbons (Fsp3) is 0.214. The van der Waals surface area contributed by atoms with Crippen LogP contribution in [-0.4, -0.2) is 12.9 Å². The first-order chi connectivity index (χ1) is 8.56. The van der Waals surface area contributed by atoms with E-state index in [9.17, 15) is 4.79 Å². The number of methoxy groups -OCH3 is 1. The maximum Gasteiger partial charge on any atom is 0.207 e. The van der Waals surface area contributed by atoms with Gasteiger partial charge in [0.15, 0.2) is 0 Å². The van der Waals surface area contributed by atoms with Gasteiger partial charge in [-0.2, -0.15) is 0 Å². The zero-order chi connectivity index (χ0) is 13.3. The van der Waals surface area contributed by atoms with Crippen LogP contribution in [0, 0.1) is 13.8 Å². The second-order valence-corrected chi connectivity index (χ2v) is 5.79. The molecule has 2 nitrogen and oxygen atoms in total. The molecule has 1 heterocycles. The van der Waals surface area contributed by atoms with Gasteiger partial charge in [0.05, 0.1) is 17.6 Å². The highest BCUT2D eigenvalue weighted by atomic mass is 79.9. The molecule has 1 aromatic carbocycles. The molecule has 0 N–H and O–H groups in total. The van der Waals surface area contributed by atoms with Crippen LogP contribution >= 0.6 is 27.3 Å². The number of halogens is 1. The molecule has 18 heavy (non-hydrogen) atoms. The molecule has 2 aromatic rings. The van der Waals surface area contributed by atoms with Crippen LogP contribution in [0.2, 0.25) is 0 Å². The van der Waals surface area contributed by atoms with E-state index in [1.807, 2.05) is 37.4 Å². The Bertz CT molecular complexity index is 602. The van der Waals surface area contributed by atoms with Gasteiger partial charge in [0.25, 0.3) is 0 Å². The number of hydrogen-bond donors (Lipinski definition) is 0. The largest absolute Gasteiger partial charge is 0.496 e. The van der Waals surface area contributed by atoms with E-state index in [2.05, 4.69) is 15.9 Å². The van der Waals surface area contributed by atoms with Crippen molar-refractivity contribution in [3.8, 4) is 5.75 Å². The van der Waals surface area contributed by atoms with Gasteiger partial charge < -0.3 is 4.74 Å². The Kier molecular flexibility index (Phi) is 3.88. The first kappa shape index (κ1) is 13.3. The van der Waals surface area contributed by atoms with Crippen molar-refractivity contribution in [2.45, 2.75) is 13.8 Å². The van der Waals surface area contributed by atoms with Crippen LogP contribution in [0.25, 0.3) is 0 Å². The van der Waals surface area contributed by atoms with E-state index >= 15 is 0 Å². The first-order valence-corrected chi connectivity index (χ1v) is 7.15. The molecule has 0 saturated carbocycles. The highest BCUT2D eigenvalue weighted by Crippen LogP contribution is 2.32. The number of rotatable bonds is 3. The van der Waals surface area contributed by atoms with Gasteiger partial charge in [-0.05, 0) is 58.4 Å². The van der Waals surface area contributed by atoms with E-state index in [4.69, 9.17) is 4.74 Å². The lowest BCUT2D eigenvalue weighted by Gasteiger charge is -2.12. The summed E-state index contributed by atoms with van der Waals surface area (Å²) in [5, 5.41) is 1.89. The molecule has 0 fully saturated rings. The molecule has 0 amide bonds. The molecule has 1 aromatic heterocycles. The smallest absolute Gasteiger partial charge is 0.207 e. The van der Waals surface area contributed by atoms with Gasteiger partial charge >= 0.3 is 0 Å². The number of benzene rings is 1. The summed E-state index contributed by atoms with van der Waals surface area (Å²) < 4.78 is 6.22. The minimum atomic E-state index is -0.00294. The Morgan fingerprint density at radius 1 is 1.28 bits per heavy atom. The summed E-state index contributed by atoms with van der Waals surface area (Å²) in [6.07, 6.45) is 0. The summed E-state index contributed by atoms with van der Waals surface area (Å²) in [4.78, 5) is 13.2. The average Bonchev–Trinajstić information content (AvgIpc) is 2.78. The van der Waals surface area contributed by atoms with E-state index in [1.54, 1.807) is 7.11 Å². The van der Waals surface area contributed by atoms with Crippen LogP contribution in [0.4, 0.5) is 0 Å². The standard InChI is InChI=1S/C14H13BrO2S/c1-8-4-5-10(13(17-3)9(8)2)12(16)14-11(15)6-7-18-14/h4-7H,1-3H3. The second kappa shape index (κ2) is 5.24. The molecule has 94 valence electrons. The van der Waals surface area contributed by atoms with Crippen molar-refractivity contribution in [1.29, 1.82) is 0 Å². The number of carbonyl (C=O) groups is 1. The predicted molar refractivity (Wildman–Crippen MR) is 77.9 cm³/mol. The van der Waals surface area contributed by atoms with Crippen molar-refractivity contribution in [3.63, 3.8) is 0 Å². The first-order valence-electron chi connectivity index (χ1n) is 5.48. The van der Waals surface area contributed by atoms with E-state index in [-0.39, 0.29) is 5.78 Å². The van der Waals surface area contributed by atoms with Crippen LogP contribution in [0.15, 0.2) is 28.1 Å². The normalized spacial score (nSPS) is 10.4. The van der Waals surface area contributed by atoms with Crippen LogP contribution < -0.4 is 4.74 Å². The van der Waals surface area contributed by atoms with E-state index in [0.717, 1.165) is 15.6 Å². The zero-order valence-electron chi connectivity index (χ0n) is 10.4. The van der Waals surface area contributed by atoms with Crippen LogP contribution in [0.1, 0.15) is 26.4 Å². The van der Waals surface area contributed by atoms with Crippen LogP contribution in [-0.2, 0) is 0 Å². The Morgan fingerprint density at radius 3 is 2.56 bits per heavy atom. The van der Waals surface area contributed by atoms with Crippen molar-refractivity contribution in [1.82, 2.24) is 0 Å². The van der Waals surface area contributed by atoms with Gasteiger partial charge in [-0.25, -0.2) is 0 Å². The van der Waals surface area contributed by atoms with Crippen molar-refractivity contribution in [2.75, 3.05) is 7.11 Å². The molecule has 0 radical (unpaired) electrons. The fourth-order valence-electron chi connectivity index (χ4n) is 1.81. The molecule has 0 spiro atoms. The van der Waals surface area contributed by atoms with Gasteiger partial charge in [0.1, 0.15) is 5.75 Å². The number of aryl methyl sites for hydroxylation is 1. The highest BCUT2D eigenvalue weighted by Gasteiger charge is 2.19. The lowest BCUT2D eigenvalue weighted by atomic mass is 10.0. The third-order valence-corrected chi connectivity index (χ3v) is 4.79. The summed E-state index contributed by atoms with van der Waals surface area (Å²) in [5.74, 6) is 0.664. The van der Waals surface area contributed by atoms with Crippen molar-refractivity contribution >= 4 is 33.0 Å². The van der Waals surface area contributed by atoms with Gasteiger partial charge in [-0.15, -0.1) is 11.3 Å². The summed E-state index contributed by atoms with van der Waals surface area (Å²) in [6, 6.07) is 5.66. The number of ether oxygens (including phenoxy) is 1. The monoisotopic (exact) mass is 324 g/mol. The molecule has 0 aliphatic rings. The summed E-state index contributed by atoms with van der Waals surface area (Å²) in [6.45, 7) is 3.97. The third kappa shape index (κ3) is 2.22. The van der Waals surface area contributed by atoms with Gasteiger partial charge in [0.2, 0.25) is 5.78 Å². The highest BCUT2D eigenvalue weighted by molar-refractivity contribution is 9.10.